The van der Waals surface area contributed by atoms with Crippen molar-refractivity contribution in [2.45, 2.75) is 13.0 Å². The highest BCUT2D eigenvalue weighted by molar-refractivity contribution is 5.77. The fourth-order valence-corrected chi connectivity index (χ4v) is 1.31. The molecule has 82 valence electrons. The quantitative estimate of drug-likeness (QED) is 0.788. The molecule has 0 aromatic carbocycles. The van der Waals surface area contributed by atoms with E-state index in [0.717, 1.165) is 11.4 Å². The Bertz CT molecular complexity index is 438. The van der Waals surface area contributed by atoms with Gasteiger partial charge in [-0.25, -0.2) is 0 Å². The van der Waals surface area contributed by atoms with Crippen molar-refractivity contribution in [3.63, 3.8) is 0 Å². The maximum Gasteiger partial charge on any atom is 0.226 e. The molecule has 2 aromatic heterocycles. The Morgan fingerprint density at radius 3 is 2.94 bits per heavy atom. The fourth-order valence-electron chi connectivity index (χ4n) is 1.31. The molecule has 2 N–H and O–H groups in total. The highest BCUT2D eigenvalue weighted by Crippen LogP contribution is 1.95. The van der Waals surface area contributed by atoms with Gasteiger partial charge in [0.05, 0.1) is 18.7 Å². The molecule has 0 fully saturated rings. The van der Waals surface area contributed by atoms with E-state index in [1.54, 1.807) is 18.5 Å². The molecule has 1 amide bonds. The Balaban J connectivity index is 1.80. The highest BCUT2D eigenvalue weighted by atomic mass is 16.1. The van der Waals surface area contributed by atoms with E-state index in [1.165, 1.54) is 0 Å². The predicted molar refractivity (Wildman–Crippen MR) is 58.4 cm³/mol. The molecule has 5 nitrogen and oxygen atoms in total. The van der Waals surface area contributed by atoms with Crippen molar-refractivity contribution in [2.24, 2.45) is 0 Å². The van der Waals surface area contributed by atoms with Crippen LogP contribution in [0.4, 0.5) is 0 Å². The summed E-state index contributed by atoms with van der Waals surface area (Å²) < 4.78 is 0. The van der Waals surface area contributed by atoms with Crippen LogP contribution in [0, 0.1) is 0 Å². The van der Waals surface area contributed by atoms with Crippen LogP contribution in [0.2, 0.25) is 0 Å². The number of H-pyrrole nitrogens is 1. The Morgan fingerprint density at radius 1 is 1.31 bits per heavy atom. The molecule has 2 rings (SSSR count). The number of nitrogens with zero attached hydrogens (tertiary/aromatic N) is 2. The van der Waals surface area contributed by atoms with E-state index in [1.807, 2.05) is 18.2 Å². The summed E-state index contributed by atoms with van der Waals surface area (Å²) in [6, 6.07) is 7.39. The Kier molecular flexibility index (Phi) is 3.28. The van der Waals surface area contributed by atoms with E-state index < -0.39 is 0 Å². The Labute approximate surface area is 92.9 Å². The van der Waals surface area contributed by atoms with Gasteiger partial charge in [-0.15, -0.1) is 0 Å². The van der Waals surface area contributed by atoms with Gasteiger partial charge in [0.15, 0.2) is 0 Å². The number of rotatable bonds is 4. The van der Waals surface area contributed by atoms with E-state index in [-0.39, 0.29) is 5.91 Å². The second-order valence-electron chi connectivity index (χ2n) is 3.36. The summed E-state index contributed by atoms with van der Waals surface area (Å²) in [5.41, 5.74) is 1.65. The third kappa shape index (κ3) is 2.91. The van der Waals surface area contributed by atoms with Crippen LogP contribution >= 0.6 is 0 Å². The van der Waals surface area contributed by atoms with Gasteiger partial charge in [-0.05, 0) is 18.2 Å². The van der Waals surface area contributed by atoms with Gasteiger partial charge < -0.3 is 5.32 Å². The van der Waals surface area contributed by atoms with Crippen LogP contribution in [-0.2, 0) is 17.8 Å². The number of pyridine rings is 1. The number of nitrogens with one attached hydrogen (secondary N) is 2. The zero-order valence-electron chi connectivity index (χ0n) is 8.68. The molecule has 0 unspecified atom stereocenters. The molecule has 0 saturated heterocycles. The first-order chi connectivity index (χ1) is 7.84. The molecule has 0 spiro atoms. The first kappa shape index (κ1) is 10.4. The van der Waals surface area contributed by atoms with Crippen molar-refractivity contribution in [3.8, 4) is 0 Å². The number of aromatic amines is 1. The Morgan fingerprint density at radius 2 is 2.25 bits per heavy atom. The van der Waals surface area contributed by atoms with Crippen LogP contribution in [0.5, 0.6) is 0 Å². The standard InChI is InChI=1S/C11H12N4O/c16-11(7-9-4-6-14-15-9)13-8-10-3-1-2-5-12-10/h1-6H,7-8H2,(H,13,16)(H,14,15). The van der Waals surface area contributed by atoms with E-state index in [4.69, 9.17) is 0 Å². The van der Waals surface area contributed by atoms with Crippen molar-refractivity contribution >= 4 is 5.91 Å². The summed E-state index contributed by atoms with van der Waals surface area (Å²) in [7, 11) is 0. The summed E-state index contributed by atoms with van der Waals surface area (Å²) in [6.07, 6.45) is 3.64. The topological polar surface area (TPSA) is 70.7 Å². The summed E-state index contributed by atoms with van der Waals surface area (Å²) in [5.74, 6) is -0.0464. The van der Waals surface area contributed by atoms with Gasteiger partial charge in [0.2, 0.25) is 5.91 Å². The van der Waals surface area contributed by atoms with Crippen LogP contribution in [-0.4, -0.2) is 21.1 Å². The van der Waals surface area contributed by atoms with Crippen molar-refractivity contribution in [2.75, 3.05) is 0 Å². The fraction of sp³-hybridized carbons (Fsp3) is 0.182. The lowest BCUT2D eigenvalue weighted by molar-refractivity contribution is -0.120. The lowest BCUT2D eigenvalue weighted by Crippen LogP contribution is -2.25. The largest absolute Gasteiger partial charge is 0.350 e. The molecule has 16 heavy (non-hydrogen) atoms. The van der Waals surface area contributed by atoms with Crippen LogP contribution < -0.4 is 5.32 Å². The number of amides is 1. The zero-order valence-corrected chi connectivity index (χ0v) is 8.68. The van der Waals surface area contributed by atoms with Crippen molar-refractivity contribution in [1.29, 1.82) is 0 Å². The normalized spacial score (nSPS) is 10.0. The smallest absolute Gasteiger partial charge is 0.226 e. The SMILES string of the molecule is O=C(Cc1ccn[nH]1)NCc1ccccn1. The van der Waals surface area contributed by atoms with E-state index in [2.05, 4.69) is 20.5 Å². The average Bonchev–Trinajstić information content (AvgIpc) is 2.81. The summed E-state index contributed by atoms with van der Waals surface area (Å²) in [5, 5.41) is 9.30. The molecule has 2 heterocycles. The van der Waals surface area contributed by atoms with Crippen LogP contribution in [0.3, 0.4) is 0 Å². The van der Waals surface area contributed by atoms with Crippen LogP contribution in [0.25, 0.3) is 0 Å². The van der Waals surface area contributed by atoms with E-state index in [9.17, 15) is 4.79 Å². The molecular formula is C11H12N4O. The van der Waals surface area contributed by atoms with Gasteiger partial charge in [0, 0.05) is 18.1 Å². The maximum absolute atomic E-state index is 11.5. The summed E-state index contributed by atoms with van der Waals surface area (Å²) in [6.45, 7) is 0.452. The van der Waals surface area contributed by atoms with Gasteiger partial charge in [-0.2, -0.15) is 5.10 Å². The highest BCUT2D eigenvalue weighted by Gasteiger charge is 2.03. The molecule has 0 atom stereocenters. The second-order valence-corrected chi connectivity index (χ2v) is 3.36. The minimum atomic E-state index is -0.0464. The average molecular weight is 216 g/mol. The summed E-state index contributed by atoms with van der Waals surface area (Å²) in [4.78, 5) is 15.6. The maximum atomic E-state index is 11.5. The first-order valence-electron chi connectivity index (χ1n) is 4.99. The molecular weight excluding hydrogens is 204 g/mol. The number of carbonyl (C=O) groups is 1. The van der Waals surface area contributed by atoms with Crippen molar-refractivity contribution in [3.05, 3.63) is 48.0 Å². The predicted octanol–water partition coefficient (Wildman–Crippen LogP) is 0.664. The van der Waals surface area contributed by atoms with Gasteiger partial charge in [-0.1, -0.05) is 6.07 Å². The number of aromatic nitrogens is 3. The van der Waals surface area contributed by atoms with Crippen LogP contribution in [0.15, 0.2) is 36.7 Å². The third-order valence-electron chi connectivity index (χ3n) is 2.10. The molecule has 0 saturated carbocycles. The van der Waals surface area contributed by atoms with Crippen molar-refractivity contribution in [1.82, 2.24) is 20.5 Å². The zero-order chi connectivity index (χ0) is 11.2. The molecule has 0 aliphatic carbocycles. The number of hydrogen-bond donors (Lipinski definition) is 2. The van der Waals surface area contributed by atoms with E-state index >= 15 is 0 Å². The number of hydrogen-bond acceptors (Lipinski definition) is 3. The minimum absolute atomic E-state index is 0.0464. The molecule has 0 aliphatic rings. The molecule has 2 aromatic rings. The number of carbonyl (C=O) groups excluding carboxylic acids is 1. The van der Waals surface area contributed by atoms with Crippen molar-refractivity contribution < 1.29 is 4.79 Å². The third-order valence-corrected chi connectivity index (χ3v) is 2.10. The molecule has 0 bridgehead atoms. The van der Waals surface area contributed by atoms with Gasteiger partial charge in [0.25, 0.3) is 0 Å². The monoisotopic (exact) mass is 216 g/mol. The lowest BCUT2D eigenvalue weighted by atomic mass is 10.3. The Hall–Kier alpha value is -2.17. The lowest BCUT2D eigenvalue weighted by Gasteiger charge is -2.03. The van der Waals surface area contributed by atoms with Gasteiger partial charge >= 0.3 is 0 Å². The van der Waals surface area contributed by atoms with E-state index in [0.29, 0.717) is 13.0 Å². The molecule has 0 aliphatic heterocycles. The van der Waals surface area contributed by atoms with Gasteiger partial charge in [-0.3, -0.25) is 14.9 Å². The molecule has 0 radical (unpaired) electrons. The second kappa shape index (κ2) is 5.06. The van der Waals surface area contributed by atoms with Gasteiger partial charge in [0.1, 0.15) is 0 Å². The molecule has 5 heteroatoms. The summed E-state index contributed by atoms with van der Waals surface area (Å²) >= 11 is 0. The van der Waals surface area contributed by atoms with Crippen LogP contribution in [0.1, 0.15) is 11.4 Å². The first-order valence-corrected chi connectivity index (χ1v) is 4.99. The minimum Gasteiger partial charge on any atom is -0.350 e.